The van der Waals surface area contributed by atoms with Crippen LogP contribution in [-0.4, -0.2) is 53.5 Å². The lowest BCUT2D eigenvalue weighted by Crippen LogP contribution is -2.47. The Bertz CT molecular complexity index is 1330. The van der Waals surface area contributed by atoms with Crippen molar-refractivity contribution in [3.63, 3.8) is 0 Å². The van der Waals surface area contributed by atoms with E-state index < -0.39 is 5.41 Å². The van der Waals surface area contributed by atoms with Gasteiger partial charge in [-0.1, -0.05) is 67.2 Å². The first kappa shape index (κ1) is 28.2. The maximum atomic E-state index is 14.2. The number of hydrogen-bond donors (Lipinski definition) is 0. The van der Waals surface area contributed by atoms with Crippen molar-refractivity contribution < 1.29 is 4.79 Å². The number of carbonyl (C=O) groups excluding carboxylic acids is 1. The van der Waals surface area contributed by atoms with Crippen molar-refractivity contribution in [2.75, 3.05) is 42.5 Å². The topological polar surface area (TPSA) is 52.6 Å². The van der Waals surface area contributed by atoms with Crippen LogP contribution in [0.5, 0.6) is 0 Å². The van der Waals surface area contributed by atoms with Crippen molar-refractivity contribution in [2.45, 2.75) is 25.7 Å². The molecule has 5 rings (SSSR count). The van der Waals surface area contributed by atoms with Gasteiger partial charge in [0.2, 0.25) is 11.9 Å². The Morgan fingerprint density at radius 1 is 0.921 bits per heavy atom. The molecule has 1 atom stereocenters. The van der Waals surface area contributed by atoms with Gasteiger partial charge in [0.1, 0.15) is 0 Å². The summed E-state index contributed by atoms with van der Waals surface area (Å²) in [6.07, 6.45) is 3.97. The smallest absolute Gasteiger partial charge is 0.243 e. The summed E-state index contributed by atoms with van der Waals surface area (Å²) in [4.78, 5) is 29.1. The summed E-state index contributed by atoms with van der Waals surface area (Å²) in [6, 6.07) is 15.0. The van der Waals surface area contributed by atoms with Crippen LogP contribution in [0.3, 0.4) is 0 Å². The average molecular weight is 571 g/mol. The van der Waals surface area contributed by atoms with E-state index in [1.807, 2.05) is 30.3 Å². The summed E-state index contributed by atoms with van der Waals surface area (Å²) in [5, 5.41) is 0.891. The van der Waals surface area contributed by atoms with Crippen molar-refractivity contribution in [2.24, 2.45) is 5.92 Å². The highest BCUT2D eigenvalue weighted by Crippen LogP contribution is 2.53. The molecule has 6 nitrogen and oxygen atoms in total. The molecule has 0 radical (unpaired) electrons. The minimum atomic E-state index is -0.782. The first-order valence-electron chi connectivity index (χ1n) is 12.5. The van der Waals surface area contributed by atoms with Crippen LogP contribution in [0.2, 0.25) is 10.0 Å². The molecule has 3 aromatic rings. The second kappa shape index (κ2) is 11.9. The van der Waals surface area contributed by atoms with Gasteiger partial charge in [0.05, 0.1) is 33.4 Å². The van der Waals surface area contributed by atoms with E-state index in [1.165, 1.54) is 0 Å². The second-order valence-electron chi connectivity index (χ2n) is 9.70. The minimum Gasteiger partial charge on any atom is -0.338 e. The predicted molar refractivity (Wildman–Crippen MR) is 157 cm³/mol. The van der Waals surface area contributed by atoms with Crippen LogP contribution in [0.25, 0.3) is 0 Å². The average Bonchev–Trinajstić information content (AvgIpc) is 3.16. The van der Waals surface area contributed by atoms with Gasteiger partial charge in [0.15, 0.2) is 0 Å². The fraction of sp³-hybridized carbons (Fsp3) is 0.345. The first-order valence-corrected chi connectivity index (χ1v) is 13.3. The van der Waals surface area contributed by atoms with E-state index in [1.54, 1.807) is 35.5 Å². The number of nitrogens with zero attached hydrogens (tertiary/aromatic N) is 5. The van der Waals surface area contributed by atoms with Gasteiger partial charge in [-0.15, -0.1) is 18.3 Å². The quantitative estimate of drug-likeness (QED) is 0.353. The third-order valence-corrected chi connectivity index (χ3v) is 7.97. The molecule has 1 unspecified atom stereocenters. The van der Waals surface area contributed by atoms with Crippen LogP contribution >= 0.6 is 35.6 Å². The molecule has 0 spiro atoms. The maximum Gasteiger partial charge on any atom is 0.243 e. The monoisotopic (exact) mass is 569 g/mol. The summed E-state index contributed by atoms with van der Waals surface area (Å²) in [5.74, 6) is 7.48. The summed E-state index contributed by atoms with van der Waals surface area (Å²) in [6.45, 7) is 8.33. The SMILES string of the molecule is CC(C)C1(CC#CCN2CCN(c3ncccn3)CC2)C(=O)N(c2c(Cl)cccc2Cl)c2ccccc21.Cl. The lowest BCUT2D eigenvalue weighted by Gasteiger charge is -2.33. The maximum absolute atomic E-state index is 14.2. The number of hydrogen-bond acceptors (Lipinski definition) is 5. The van der Waals surface area contributed by atoms with E-state index in [0.717, 1.165) is 43.4 Å². The number of anilines is 3. The number of para-hydroxylation sites is 2. The molecule has 2 aliphatic rings. The van der Waals surface area contributed by atoms with E-state index in [0.29, 0.717) is 28.7 Å². The molecular formula is C29H30Cl3N5O. The Morgan fingerprint density at radius 2 is 1.58 bits per heavy atom. The molecule has 9 heteroatoms. The highest BCUT2D eigenvalue weighted by molar-refractivity contribution is 6.40. The molecule has 1 aromatic heterocycles. The van der Waals surface area contributed by atoms with E-state index in [4.69, 9.17) is 23.2 Å². The van der Waals surface area contributed by atoms with Crippen molar-refractivity contribution in [1.82, 2.24) is 14.9 Å². The number of fused-ring (bicyclic) bond motifs is 1. The minimum absolute atomic E-state index is 0. The molecule has 3 heterocycles. The van der Waals surface area contributed by atoms with Crippen molar-refractivity contribution >= 4 is 58.8 Å². The summed E-state index contributed by atoms with van der Waals surface area (Å²) in [7, 11) is 0. The van der Waals surface area contributed by atoms with Crippen molar-refractivity contribution in [3.8, 4) is 11.8 Å². The first-order chi connectivity index (χ1) is 17.9. The Kier molecular flexibility index (Phi) is 8.85. The van der Waals surface area contributed by atoms with Crippen LogP contribution in [0.4, 0.5) is 17.3 Å². The van der Waals surface area contributed by atoms with Gasteiger partial charge >= 0.3 is 0 Å². The van der Waals surface area contributed by atoms with E-state index in [-0.39, 0.29) is 24.2 Å². The molecule has 0 saturated carbocycles. The van der Waals surface area contributed by atoms with Crippen LogP contribution in [-0.2, 0) is 10.2 Å². The molecular weight excluding hydrogens is 541 g/mol. The Balaban J connectivity index is 0.00000336. The number of benzene rings is 2. The standard InChI is InChI=1S/C29H29Cl2N5O.ClH/c1-21(2)29(13-5-6-16-34-17-19-35(20-18-34)28-32-14-8-15-33-28)22-9-3-4-12-25(22)36(27(29)37)26-23(30)10-7-11-24(26)31;/h3-4,7-12,14-15,21H,13,16-20H2,1-2H3;1H. The molecule has 198 valence electrons. The predicted octanol–water partition coefficient (Wildman–Crippen LogP) is 5.99. The number of carbonyl (C=O) groups is 1. The fourth-order valence-corrected chi connectivity index (χ4v) is 5.82. The molecule has 1 fully saturated rings. The lowest BCUT2D eigenvalue weighted by molar-refractivity contribution is -0.123. The molecule has 2 aliphatic heterocycles. The van der Waals surface area contributed by atoms with Gasteiger partial charge < -0.3 is 4.90 Å². The third-order valence-electron chi connectivity index (χ3n) is 7.36. The summed E-state index contributed by atoms with van der Waals surface area (Å²) >= 11 is 13.1. The number of aromatic nitrogens is 2. The van der Waals surface area contributed by atoms with Gasteiger partial charge in [0, 0.05) is 45.0 Å². The molecule has 0 N–H and O–H groups in total. The van der Waals surface area contributed by atoms with Crippen LogP contribution in [0, 0.1) is 17.8 Å². The molecule has 0 aliphatic carbocycles. The third kappa shape index (κ3) is 5.09. The highest BCUT2D eigenvalue weighted by Gasteiger charge is 2.53. The molecule has 0 bridgehead atoms. The summed E-state index contributed by atoms with van der Waals surface area (Å²) in [5.41, 5.74) is 1.53. The van der Waals surface area contributed by atoms with Gasteiger partial charge in [0.25, 0.3) is 0 Å². The zero-order valence-electron chi connectivity index (χ0n) is 21.4. The van der Waals surface area contributed by atoms with Gasteiger partial charge in [-0.25, -0.2) is 9.97 Å². The zero-order valence-corrected chi connectivity index (χ0v) is 23.7. The van der Waals surface area contributed by atoms with Crippen molar-refractivity contribution in [1.29, 1.82) is 0 Å². The highest BCUT2D eigenvalue weighted by atomic mass is 35.5. The number of rotatable bonds is 5. The van der Waals surface area contributed by atoms with E-state index in [9.17, 15) is 4.79 Å². The number of piperazine rings is 1. The number of halogens is 3. The second-order valence-corrected chi connectivity index (χ2v) is 10.5. The van der Waals surface area contributed by atoms with Crippen LogP contribution in [0.15, 0.2) is 60.9 Å². The number of amides is 1. The Labute approximate surface area is 240 Å². The van der Waals surface area contributed by atoms with E-state index in [2.05, 4.69) is 45.5 Å². The largest absolute Gasteiger partial charge is 0.338 e. The fourth-order valence-electron chi connectivity index (χ4n) is 5.26. The summed E-state index contributed by atoms with van der Waals surface area (Å²) < 4.78 is 0. The molecule has 38 heavy (non-hydrogen) atoms. The molecule has 1 amide bonds. The Morgan fingerprint density at radius 3 is 2.24 bits per heavy atom. The zero-order chi connectivity index (χ0) is 26.0. The Hall–Kier alpha value is -2.82. The van der Waals surface area contributed by atoms with Gasteiger partial charge in [-0.05, 0) is 35.7 Å². The normalized spacial score (nSPS) is 19.1. The molecule has 2 aromatic carbocycles. The lowest BCUT2D eigenvalue weighted by atomic mass is 9.70. The van der Waals surface area contributed by atoms with Crippen LogP contribution < -0.4 is 9.80 Å². The van der Waals surface area contributed by atoms with Crippen LogP contribution in [0.1, 0.15) is 25.8 Å². The molecule has 1 saturated heterocycles. The van der Waals surface area contributed by atoms with E-state index >= 15 is 0 Å². The van der Waals surface area contributed by atoms with Gasteiger partial charge in [-0.2, -0.15) is 0 Å². The van der Waals surface area contributed by atoms with Gasteiger partial charge in [-0.3, -0.25) is 14.6 Å². The van der Waals surface area contributed by atoms with Crippen molar-refractivity contribution in [3.05, 3.63) is 76.5 Å².